The summed E-state index contributed by atoms with van der Waals surface area (Å²) in [6.07, 6.45) is 1.08. The van der Waals surface area contributed by atoms with Crippen molar-refractivity contribution in [3.63, 3.8) is 0 Å². The molecule has 1 aliphatic heterocycles. The number of nitrogens with zero attached hydrogens (tertiary/aromatic N) is 2. The van der Waals surface area contributed by atoms with Gasteiger partial charge in [0, 0.05) is 37.3 Å². The molecule has 1 aromatic carbocycles. The molecule has 37 heavy (non-hydrogen) atoms. The molecule has 9 N–H and O–H groups in total. The zero-order valence-electron chi connectivity index (χ0n) is 20.1. The Morgan fingerprint density at radius 2 is 1.89 bits per heavy atom. The lowest BCUT2D eigenvalue weighted by Crippen LogP contribution is -2.54. The molecule has 0 aromatic heterocycles. The van der Waals surface area contributed by atoms with Crippen LogP contribution < -0.4 is 27.4 Å². The Hall–Kier alpha value is -4.27. The van der Waals surface area contributed by atoms with Crippen LogP contribution in [-0.2, 0) is 19.2 Å². The van der Waals surface area contributed by atoms with Gasteiger partial charge in [0.05, 0.1) is 11.0 Å². The number of carboxylic acid groups (broad SMARTS) is 1. The SMILES string of the molecule is N=C(N)NCCC[C@H](NC(=O)[C@@H]1CCCN1C(=O)[C@@H](N)CCC(=O)O)C(=O)Nc1ccc([N+](=O)[O-])cc1. The molecule has 1 heterocycles. The van der Waals surface area contributed by atoms with E-state index in [1.807, 2.05) is 0 Å². The number of guanidine groups is 1. The van der Waals surface area contributed by atoms with E-state index in [2.05, 4.69) is 16.0 Å². The number of hydrogen-bond donors (Lipinski definition) is 7. The number of aliphatic carboxylic acids is 1. The standard InChI is InChI=1S/C22H32N8O7/c23-15(9-10-18(31)32)21(35)29-12-2-4-17(29)20(34)28-16(3-1-11-26-22(24)25)19(33)27-13-5-7-14(8-6-13)30(36)37/h5-8,15-17H,1-4,9-12,23H2,(H,27,33)(H,28,34)(H,31,32)(H4,24,25,26)/t15-,16-,17-/m0/s1. The van der Waals surface area contributed by atoms with Gasteiger partial charge in [-0.1, -0.05) is 0 Å². The lowest BCUT2D eigenvalue weighted by Gasteiger charge is -2.28. The van der Waals surface area contributed by atoms with Crippen molar-refractivity contribution in [1.82, 2.24) is 15.5 Å². The average Bonchev–Trinajstić information content (AvgIpc) is 3.34. The highest BCUT2D eigenvalue weighted by Gasteiger charge is 2.37. The molecule has 0 unspecified atom stereocenters. The summed E-state index contributed by atoms with van der Waals surface area (Å²) >= 11 is 0. The molecule has 202 valence electrons. The Morgan fingerprint density at radius 1 is 1.22 bits per heavy atom. The first-order valence-electron chi connectivity index (χ1n) is 11.7. The molecule has 0 bridgehead atoms. The molecule has 1 fully saturated rings. The quantitative estimate of drug-likeness (QED) is 0.0575. The molecule has 15 nitrogen and oxygen atoms in total. The summed E-state index contributed by atoms with van der Waals surface area (Å²) < 4.78 is 0. The van der Waals surface area contributed by atoms with Crippen LogP contribution in [0.3, 0.4) is 0 Å². The molecule has 1 aliphatic rings. The number of hydrogen-bond acceptors (Lipinski definition) is 8. The van der Waals surface area contributed by atoms with Gasteiger partial charge in [0.25, 0.3) is 5.69 Å². The van der Waals surface area contributed by atoms with Crippen molar-refractivity contribution in [2.24, 2.45) is 11.5 Å². The Kier molecular flexibility index (Phi) is 10.7. The molecular formula is C22H32N8O7. The summed E-state index contributed by atoms with van der Waals surface area (Å²) in [4.78, 5) is 61.2. The number of anilines is 1. The minimum atomic E-state index is -1.08. The summed E-state index contributed by atoms with van der Waals surface area (Å²) in [7, 11) is 0. The maximum atomic E-state index is 13.1. The van der Waals surface area contributed by atoms with E-state index in [0.29, 0.717) is 24.9 Å². The van der Waals surface area contributed by atoms with Crippen LogP contribution in [0.4, 0.5) is 11.4 Å². The van der Waals surface area contributed by atoms with Crippen LogP contribution in [0.15, 0.2) is 24.3 Å². The van der Waals surface area contributed by atoms with Crippen LogP contribution in [0, 0.1) is 15.5 Å². The molecule has 3 amide bonds. The second-order valence-corrected chi connectivity index (χ2v) is 8.57. The molecule has 0 spiro atoms. The molecule has 0 saturated carbocycles. The number of non-ortho nitro benzene ring substituents is 1. The third-order valence-electron chi connectivity index (χ3n) is 5.79. The molecule has 15 heteroatoms. The average molecular weight is 521 g/mol. The number of rotatable bonds is 13. The van der Waals surface area contributed by atoms with E-state index in [1.165, 1.54) is 29.2 Å². The van der Waals surface area contributed by atoms with Crippen LogP contribution in [0.2, 0.25) is 0 Å². The van der Waals surface area contributed by atoms with Gasteiger partial charge in [-0.25, -0.2) is 0 Å². The highest BCUT2D eigenvalue weighted by Crippen LogP contribution is 2.20. The molecule has 0 aliphatic carbocycles. The molecular weight excluding hydrogens is 488 g/mol. The Balaban J connectivity index is 2.09. The molecule has 1 saturated heterocycles. The van der Waals surface area contributed by atoms with Crippen molar-refractivity contribution in [3.8, 4) is 0 Å². The fraction of sp³-hybridized carbons (Fsp3) is 0.500. The number of carbonyl (C=O) groups excluding carboxylic acids is 3. The van der Waals surface area contributed by atoms with Crippen LogP contribution in [0.25, 0.3) is 0 Å². The molecule has 3 atom stereocenters. The maximum absolute atomic E-state index is 13.1. The van der Waals surface area contributed by atoms with Crippen LogP contribution >= 0.6 is 0 Å². The Labute approximate surface area is 212 Å². The van der Waals surface area contributed by atoms with E-state index in [9.17, 15) is 29.3 Å². The van der Waals surface area contributed by atoms with Gasteiger partial charge in [0.1, 0.15) is 12.1 Å². The number of carbonyl (C=O) groups is 4. The van der Waals surface area contributed by atoms with Gasteiger partial charge >= 0.3 is 5.97 Å². The van der Waals surface area contributed by atoms with Crippen LogP contribution in [-0.4, -0.2) is 75.8 Å². The van der Waals surface area contributed by atoms with E-state index in [4.69, 9.17) is 22.0 Å². The topological polar surface area (TPSA) is 247 Å². The monoisotopic (exact) mass is 520 g/mol. The lowest BCUT2D eigenvalue weighted by molar-refractivity contribution is -0.384. The Morgan fingerprint density at radius 3 is 2.49 bits per heavy atom. The fourth-order valence-electron chi connectivity index (χ4n) is 3.88. The highest BCUT2D eigenvalue weighted by molar-refractivity contribution is 5.98. The third kappa shape index (κ3) is 9.03. The largest absolute Gasteiger partial charge is 0.481 e. The van der Waals surface area contributed by atoms with Crippen molar-refractivity contribution < 1.29 is 29.2 Å². The smallest absolute Gasteiger partial charge is 0.303 e. The van der Waals surface area contributed by atoms with E-state index in [0.717, 1.165) is 0 Å². The first-order chi connectivity index (χ1) is 17.5. The zero-order valence-corrected chi connectivity index (χ0v) is 20.1. The highest BCUT2D eigenvalue weighted by atomic mass is 16.6. The van der Waals surface area contributed by atoms with Gasteiger partial charge in [-0.3, -0.25) is 34.7 Å². The van der Waals surface area contributed by atoms with Crippen molar-refractivity contribution in [1.29, 1.82) is 5.41 Å². The summed E-state index contributed by atoms with van der Waals surface area (Å²) in [5, 5.41) is 34.8. The van der Waals surface area contributed by atoms with E-state index in [-0.39, 0.29) is 44.0 Å². The minimum Gasteiger partial charge on any atom is -0.481 e. The molecule has 1 aromatic rings. The van der Waals surface area contributed by atoms with Gasteiger partial charge in [-0.05, 0) is 44.2 Å². The van der Waals surface area contributed by atoms with Crippen molar-refractivity contribution in [2.75, 3.05) is 18.4 Å². The van der Waals surface area contributed by atoms with Crippen LogP contribution in [0.5, 0.6) is 0 Å². The minimum absolute atomic E-state index is 0.0670. The molecule has 0 radical (unpaired) electrons. The summed E-state index contributed by atoms with van der Waals surface area (Å²) in [6, 6.07) is 2.24. The maximum Gasteiger partial charge on any atom is 0.303 e. The second kappa shape index (κ2) is 13.7. The van der Waals surface area contributed by atoms with Crippen LogP contribution in [0.1, 0.15) is 38.5 Å². The molecule has 2 rings (SSSR count). The normalized spacial score (nSPS) is 16.4. The van der Waals surface area contributed by atoms with E-state index < -0.39 is 46.7 Å². The first-order valence-corrected chi connectivity index (χ1v) is 11.7. The Bertz CT molecular complexity index is 1020. The van der Waals surface area contributed by atoms with Gasteiger partial charge in [0.2, 0.25) is 17.7 Å². The number of benzene rings is 1. The van der Waals surface area contributed by atoms with Gasteiger partial charge < -0.3 is 37.4 Å². The number of nitro groups is 1. The van der Waals surface area contributed by atoms with Gasteiger partial charge in [-0.2, -0.15) is 0 Å². The predicted molar refractivity (Wildman–Crippen MR) is 132 cm³/mol. The van der Waals surface area contributed by atoms with Gasteiger partial charge in [-0.15, -0.1) is 0 Å². The number of nitrogens with two attached hydrogens (primary N) is 2. The fourth-order valence-corrected chi connectivity index (χ4v) is 3.88. The number of likely N-dealkylation sites (tertiary alicyclic amines) is 1. The van der Waals surface area contributed by atoms with E-state index in [1.54, 1.807) is 0 Å². The number of nitro benzene ring substituents is 1. The summed E-state index contributed by atoms with van der Waals surface area (Å²) in [6.45, 7) is 0.554. The van der Waals surface area contributed by atoms with E-state index >= 15 is 0 Å². The number of nitrogens with one attached hydrogen (secondary N) is 4. The first kappa shape index (κ1) is 29.0. The van der Waals surface area contributed by atoms with Gasteiger partial charge in [0.15, 0.2) is 5.96 Å². The summed E-state index contributed by atoms with van der Waals surface area (Å²) in [5.74, 6) is -2.98. The van der Waals surface area contributed by atoms with Crippen molar-refractivity contribution in [2.45, 2.75) is 56.7 Å². The van der Waals surface area contributed by atoms with Crippen molar-refractivity contribution in [3.05, 3.63) is 34.4 Å². The lowest BCUT2D eigenvalue weighted by atomic mass is 10.1. The number of carboxylic acids is 1. The van der Waals surface area contributed by atoms with Crippen molar-refractivity contribution >= 4 is 41.0 Å². The number of amides is 3. The second-order valence-electron chi connectivity index (χ2n) is 8.57. The predicted octanol–water partition coefficient (Wildman–Crippen LogP) is -0.536. The third-order valence-corrected chi connectivity index (χ3v) is 5.79. The zero-order chi connectivity index (χ0) is 27.5. The summed E-state index contributed by atoms with van der Waals surface area (Å²) in [5.41, 5.74) is 11.3.